The van der Waals surface area contributed by atoms with Crippen molar-refractivity contribution < 1.29 is 9.72 Å². The van der Waals surface area contributed by atoms with E-state index in [4.69, 9.17) is 0 Å². The van der Waals surface area contributed by atoms with E-state index in [1.54, 1.807) is 31.1 Å². The Morgan fingerprint density at radius 1 is 1.50 bits per heavy atom. The lowest BCUT2D eigenvalue weighted by molar-refractivity contribution is -0.384. The van der Waals surface area contributed by atoms with Crippen LogP contribution in [0.5, 0.6) is 0 Å². The largest absolute Gasteiger partial charge is 0.383 e. The maximum Gasteiger partial charge on any atom is 0.305 e. The minimum absolute atomic E-state index is 0.140. The number of nitro groups is 1. The van der Waals surface area contributed by atoms with Crippen molar-refractivity contribution >= 4 is 17.3 Å². The van der Waals surface area contributed by atoms with Gasteiger partial charge in [-0.3, -0.25) is 14.9 Å². The fourth-order valence-electron chi connectivity index (χ4n) is 1.93. The van der Waals surface area contributed by atoms with Crippen LogP contribution >= 0.6 is 0 Å². The maximum atomic E-state index is 12.2. The Bertz CT molecular complexity index is 497. The molecule has 0 spiro atoms. The first-order valence-corrected chi connectivity index (χ1v) is 5.78. The van der Waals surface area contributed by atoms with Crippen molar-refractivity contribution in [3.8, 4) is 0 Å². The normalized spacial score (nSPS) is 14.1. The first-order valence-electron chi connectivity index (χ1n) is 5.78. The molecule has 1 aromatic rings. The molecule has 18 heavy (non-hydrogen) atoms. The summed E-state index contributed by atoms with van der Waals surface area (Å²) in [6, 6.07) is 4.97. The van der Waals surface area contributed by atoms with Crippen molar-refractivity contribution in [2.75, 3.05) is 19.4 Å². The molecule has 1 aliphatic carbocycles. The summed E-state index contributed by atoms with van der Waals surface area (Å²) in [6.45, 7) is 0. The number of carbonyl (C=O) groups is 1. The fourth-order valence-corrected chi connectivity index (χ4v) is 1.93. The van der Waals surface area contributed by atoms with Gasteiger partial charge in [-0.05, 0) is 25.0 Å². The quantitative estimate of drug-likeness (QED) is 0.653. The summed E-state index contributed by atoms with van der Waals surface area (Å²) < 4.78 is 0. The fraction of sp³-hybridized carbons (Fsp3) is 0.417. The van der Waals surface area contributed by atoms with Gasteiger partial charge in [-0.25, -0.2) is 0 Å². The van der Waals surface area contributed by atoms with Gasteiger partial charge < -0.3 is 10.2 Å². The van der Waals surface area contributed by atoms with E-state index >= 15 is 0 Å². The summed E-state index contributed by atoms with van der Waals surface area (Å²) in [5.41, 5.74) is 0.341. The van der Waals surface area contributed by atoms with Gasteiger partial charge in [0.05, 0.1) is 4.92 Å². The minimum Gasteiger partial charge on any atom is -0.383 e. The molecule has 0 atom stereocenters. The molecule has 96 valence electrons. The van der Waals surface area contributed by atoms with Gasteiger partial charge in [0.15, 0.2) is 0 Å². The summed E-state index contributed by atoms with van der Waals surface area (Å²) in [4.78, 5) is 24.4. The number of nitrogens with zero attached hydrogens (tertiary/aromatic N) is 2. The summed E-state index contributed by atoms with van der Waals surface area (Å²) >= 11 is 0. The van der Waals surface area contributed by atoms with Crippen molar-refractivity contribution in [2.45, 2.75) is 18.9 Å². The van der Waals surface area contributed by atoms with E-state index in [0.717, 1.165) is 12.8 Å². The van der Waals surface area contributed by atoms with Gasteiger partial charge in [0.2, 0.25) is 0 Å². The van der Waals surface area contributed by atoms with Gasteiger partial charge in [-0.15, -0.1) is 0 Å². The second-order valence-corrected chi connectivity index (χ2v) is 4.36. The average Bonchev–Trinajstić information content (AvgIpc) is 3.20. The molecular weight excluding hydrogens is 234 g/mol. The van der Waals surface area contributed by atoms with Crippen LogP contribution in [0.1, 0.15) is 23.2 Å². The van der Waals surface area contributed by atoms with Crippen LogP contribution in [0.3, 0.4) is 0 Å². The second-order valence-electron chi connectivity index (χ2n) is 4.36. The number of hydrogen-bond acceptors (Lipinski definition) is 4. The van der Waals surface area contributed by atoms with Crippen LogP contribution in [0, 0.1) is 10.1 Å². The molecule has 0 bridgehead atoms. The Balaban J connectivity index is 2.42. The zero-order valence-electron chi connectivity index (χ0n) is 10.3. The standard InChI is InChI=1S/C12H15N3O3/c1-13-10-5-3-4-9(11(10)15(17)18)12(16)14(2)8-6-7-8/h3-5,8,13H,6-7H2,1-2H3. The van der Waals surface area contributed by atoms with E-state index in [1.165, 1.54) is 6.07 Å². The molecule has 0 saturated heterocycles. The number of anilines is 1. The third-order valence-electron chi connectivity index (χ3n) is 3.13. The molecule has 1 saturated carbocycles. The van der Waals surface area contributed by atoms with Crippen LogP contribution < -0.4 is 5.32 Å². The number of carbonyl (C=O) groups excluding carboxylic acids is 1. The molecule has 0 radical (unpaired) electrons. The minimum atomic E-state index is -0.514. The monoisotopic (exact) mass is 249 g/mol. The predicted molar refractivity (Wildman–Crippen MR) is 67.8 cm³/mol. The first-order chi connectivity index (χ1) is 8.56. The van der Waals surface area contributed by atoms with Crippen molar-refractivity contribution in [1.29, 1.82) is 0 Å². The zero-order valence-corrected chi connectivity index (χ0v) is 10.3. The van der Waals surface area contributed by atoms with Crippen molar-refractivity contribution in [1.82, 2.24) is 4.90 Å². The summed E-state index contributed by atoms with van der Waals surface area (Å²) in [6.07, 6.45) is 1.95. The lowest BCUT2D eigenvalue weighted by Gasteiger charge is -2.16. The molecule has 0 unspecified atom stereocenters. The lowest BCUT2D eigenvalue weighted by atomic mass is 10.1. The van der Waals surface area contributed by atoms with E-state index in [-0.39, 0.29) is 23.2 Å². The van der Waals surface area contributed by atoms with Crippen LogP contribution in [-0.4, -0.2) is 35.9 Å². The molecule has 0 heterocycles. The van der Waals surface area contributed by atoms with Crippen molar-refractivity contribution in [3.63, 3.8) is 0 Å². The number of para-hydroxylation sites is 1. The number of amides is 1. The Labute approximate surface area is 105 Å². The number of hydrogen-bond donors (Lipinski definition) is 1. The van der Waals surface area contributed by atoms with Crippen LogP contribution in [0.2, 0.25) is 0 Å². The van der Waals surface area contributed by atoms with Crippen molar-refractivity contribution in [2.24, 2.45) is 0 Å². The highest BCUT2D eigenvalue weighted by molar-refractivity contribution is 6.00. The van der Waals surface area contributed by atoms with Gasteiger partial charge >= 0.3 is 5.69 Å². The maximum absolute atomic E-state index is 12.2. The van der Waals surface area contributed by atoms with E-state index in [2.05, 4.69) is 5.32 Å². The van der Waals surface area contributed by atoms with Gasteiger partial charge in [0, 0.05) is 20.1 Å². The van der Waals surface area contributed by atoms with Crippen LogP contribution in [0.25, 0.3) is 0 Å². The SMILES string of the molecule is CNc1cccc(C(=O)N(C)C2CC2)c1[N+](=O)[O-]. The molecule has 1 amide bonds. The number of nitro benzene ring substituents is 1. The lowest BCUT2D eigenvalue weighted by Crippen LogP contribution is -2.29. The molecule has 6 nitrogen and oxygen atoms in total. The third-order valence-corrected chi connectivity index (χ3v) is 3.13. The second kappa shape index (κ2) is 4.64. The number of nitrogens with one attached hydrogen (secondary N) is 1. The molecule has 0 aliphatic heterocycles. The highest BCUT2D eigenvalue weighted by Gasteiger charge is 2.33. The van der Waals surface area contributed by atoms with E-state index in [0.29, 0.717) is 5.69 Å². The predicted octanol–water partition coefficient (Wildman–Crippen LogP) is 1.87. The summed E-state index contributed by atoms with van der Waals surface area (Å²) in [5, 5.41) is 13.9. The molecule has 1 aromatic carbocycles. The molecule has 1 N–H and O–H groups in total. The number of benzene rings is 1. The summed E-state index contributed by atoms with van der Waals surface area (Å²) in [5.74, 6) is -0.290. The van der Waals surface area contributed by atoms with Gasteiger partial charge in [0.25, 0.3) is 5.91 Å². The summed E-state index contributed by atoms with van der Waals surface area (Å²) in [7, 11) is 3.29. The van der Waals surface area contributed by atoms with Crippen LogP contribution in [0.15, 0.2) is 18.2 Å². The van der Waals surface area contributed by atoms with Crippen LogP contribution in [-0.2, 0) is 0 Å². The first kappa shape index (κ1) is 12.3. The Kier molecular flexibility index (Phi) is 3.18. The molecule has 1 fully saturated rings. The molecule has 0 aromatic heterocycles. The van der Waals surface area contributed by atoms with Crippen molar-refractivity contribution in [3.05, 3.63) is 33.9 Å². The van der Waals surface area contributed by atoms with E-state index in [1.807, 2.05) is 0 Å². The zero-order chi connectivity index (χ0) is 13.3. The average molecular weight is 249 g/mol. The smallest absolute Gasteiger partial charge is 0.305 e. The topological polar surface area (TPSA) is 75.5 Å². The molecule has 2 rings (SSSR count). The van der Waals surface area contributed by atoms with E-state index < -0.39 is 4.92 Å². The Morgan fingerprint density at radius 3 is 2.67 bits per heavy atom. The Morgan fingerprint density at radius 2 is 2.17 bits per heavy atom. The van der Waals surface area contributed by atoms with Gasteiger partial charge in [0.1, 0.15) is 11.3 Å². The number of rotatable bonds is 4. The third kappa shape index (κ3) is 2.13. The Hall–Kier alpha value is -2.11. The van der Waals surface area contributed by atoms with Crippen LogP contribution in [0.4, 0.5) is 11.4 Å². The van der Waals surface area contributed by atoms with E-state index in [9.17, 15) is 14.9 Å². The molecular formula is C12H15N3O3. The highest BCUT2D eigenvalue weighted by atomic mass is 16.6. The van der Waals surface area contributed by atoms with Gasteiger partial charge in [-0.2, -0.15) is 0 Å². The molecule has 1 aliphatic rings. The van der Waals surface area contributed by atoms with Gasteiger partial charge in [-0.1, -0.05) is 6.07 Å². The highest BCUT2D eigenvalue weighted by Crippen LogP contribution is 2.32. The molecule has 6 heteroatoms.